The minimum absolute atomic E-state index is 0.0427. The van der Waals surface area contributed by atoms with Crippen LogP contribution in [-0.2, 0) is 27.5 Å². The highest BCUT2D eigenvalue weighted by atomic mass is 35.5. The lowest BCUT2D eigenvalue weighted by atomic mass is 9.86. The topological polar surface area (TPSA) is 115 Å². The number of fused-ring (bicyclic) bond motifs is 1. The summed E-state index contributed by atoms with van der Waals surface area (Å²) in [5.74, 6) is -1.15. The highest BCUT2D eigenvalue weighted by Gasteiger charge is 2.31. The summed E-state index contributed by atoms with van der Waals surface area (Å²) >= 11 is 5.88. The molecule has 0 saturated heterocycles. The van der Waals surface area contributed by atoms with Gasteiger partial charge in [0.05, 0.1) is 29.4 Å². The Labute approximate surface area is 184 Å². The van der Waals surface area contributed by atoms with E-state index >= 15 is 0 Å². The Morgan fingerprint density at radius 3 is 2.48 bits per heavy atom. The van der Waals surface area contributed by atoms with Crippen molar-refractivity contribution in [1.29, 1.82) is 0 Å². The van der Waals surface area contributed by atoms with Crippen molar-refractivity contribution in [2.24, 2.45) is 11.1 Å². The van der Waals surface area contributed by atoms with Gasteiger partial charge in [-0.05, 0) is 23.6 Å². The molecule has 2 N–H and O–H groups in total. The van der Waals surface area contributed by atoms with Gasteiger partial charge in [0, 0.05) is 18.5 Å². The van der Waals surface area contributed by atoms with Gasteiger partial charge in [0.15, 0.2) is 0 Å². The van der Waals surface area contributed by atoms with Gasteiger partial charge >= 0.3 is 6.15 Å². The lowest BCUT2D eigenvalue weighted by Gasteiger charge is -2.31. The van der Waals surface area contributed by atoms with E-state index in [2.05, 4.69) is 25.9 Å². The normalized spacial score (nSPS) is 13.0. The zero-order valence-corrected chi connectivity index (χ0v) is 18.3. The molecule has 8 nitrogen and oxygen atoms in total. The molecule has 1 aromatic carbocycles. The van der Waals surface area contributed by atoms with Crippen LogP contribution < -0.4 is 5.73 Å². The minimum Gasteiger partial charge on any atom is -0.365 e. The first kappa shape index (κ1) is 24.2. The summed E-state index contributed by atoms with van der Waals surface area (Å²) in [6.07, 6.45) is 1.58. The molecule has 166 valence electrons. The number of carbonyl (C=O) groups excluding carboxylic acids is 4. The molecule has 1 aliphatic rings. The molecule has 2 aromatic rings. The van der Waals surface area contributed by atoms with E-state index in [1.165, 1.54) is 18.2 Å². The number of benzene rings is 1. The van der Waals surface area contributed by atoms with Crippen LogP contribution in [0.5, 0.6) is 0 Å². The average Bonchev–Trinajstić information content (AvgIpc) is 3.09. The van der Waals surface area contributed by atoms with Crippen LogP contribution in [0.25, 0.3) is 11.3 Å². The first-order valence-corrected chi connectivity index (χ1v) is 10.0. The molecule has 10 heteroatoms. The zero-order chi connectivity index (χ0) is 23.3. The summed E-state index contributed by atoms with van der Waals surface area (Å²) in [4.78, 5) is 42.9. The number of hydrogen-bond acceptors (Lipinski definition) is 5. The Bertz CT molecular complexity index is 1030. The Balaban J connectivity index is 0.00000107. The monoisotopic (exact) mass is 450 g/mol. The molecule has 31 heavy (non-hydrogen) atoms. The van der Waals surface area contributed by atoms with E-state index in [-0.39, 0.29) is 34.6 Å². The van der Waals surface area contributed by atoms with E-state index in [4.69, 9.17) is 26.9 Å². The molecule has 2 amide bonds. The summed E-state index contributed by atoms with van der Waals surface area (Å²) in [6, 6.07) is 4.16. The second-order valence-corrected chi connectivity index (χ2v) is 8.39. The van der Waals surface area contributed by atoms with Gasteiger partial charge in [0.2, 0.25) is 5.91 Å². The average molecular weight is 451 g/mol. The van der Waals surface area contributed by atoms with Gasteiger partial charge in [-0.3, -0.25) is 14.3 Å². The molecule has 0 atom stereocenters. The van der Waals surface area contributed by atoms with Gasteiger partial charge in [-0.1, -0.05) is 38.8 Å². The molecular formula is C21H24ClFN4O4. The van der Waals surface area contributed by atoms with Crippen LogP contribution in [-0.4, -0.2) is 39.2 Å². The first-order chi connectivity index (χ1) is 14.5. The zero-order valence-electron chi connectivity index (χ0n) is 17.6. The molecule has 0 unspecified atom stereocenters. The van der Waals surface area contributed by atoms with Crippen molar-refractivity contribution < 1.29 is 23.6 Å². The summed E-state index contributed by atoms with van der Waals surface area (Å²) in [5.41, 5.74) is 7.24. The quantitative estimate of drug-likeness (QED) is 0.751. The fraction of sp³-hybridized carbons (Fsp3) is 0.429. The number of amides is 2. The summed E-state index contributed by atoms with van der Waals surface area (Å²) in [6.45, 7) is 7.41. The number of nitrogens with two attached hydrogens (primary N) is 1. The van der Waals surface area contributed by atoms with Crippen molar-refractivity contribution in [2.75, 3.05) is 6.54 Å². The van der Waals surface area contributed by atoms with Crippen molar-refractivity contribution in [3.8, 4) is 11.3 Å². The van der Waals surface area contributed by atoms with E-state index in [0.29, 0.717) is 36.5 Å². The predicted molar refractivity (Wildman–Crippen MR) is 110 cm³/mol. The second-order valence-electron chi connectivity index (χ2n) is 7.98. The smallest absolute Gasteiger partial charge is 0.365 e. The van der Waals surface area contributed by atoms with Crippen LogP contribution in [0, 0.1) is 11.2 Å². The summed E-state index contributed by atoms with van der Waals surface area (Å²) in [7, 11) is 0. The van der Waals surface area contributed by atoms with E-state index < -0.39 is 11.7 Å². The van der Waals surface area contributed by atoms with Crippen molar-refractivity contribution >= 4 is 29.6 Å². The molecule has 0 radical (unpaired) electrons. The number of halogens is 2. The second kappa shape index (κ2) is 9.85. The van der Waals surface area contributed by atoms with E-state index in [1.807, 2.05) is 0 Å². The maximum atomic E-state index is 13.5. The third kappa shape index (κ3) is 5.57. The first-order valence-electron chi connectivity index (χ1n) is 9.66. The summed E-state index contributed by atoms with van der Waals surface area (Å²) in [5, 5.41) is 4.44. The Hall–Kier alpha value is -3.03. The van der Waals surface area contributed by atoms with Crippen LogP contribution in [0.1, 0.15) is 49.7 Å². The van der Waals surface area contributed by atoms with Crippen LogP contribution in [0.15, 0.2) is 18.2 Å². The Morgan fingerprint density at radius 1 is 1.29 bits per heavy atom. The van der Waals surface area contributed by atoms with Crippen molar-refractivity contribution in [3.05, 3.63) is 40.3 Å². The highest BCUT2D eigenvalue weighted by Crippen LogP contribution is 2.32. The standard InChI is InChI=1S/C20H24ClFN4O2.CO2/c1-4-20(2,3)10-16(27)25-7-8-26-15(11-25)17(19(23)28)18(24-26)12-5-6-14(22)13(21)9-12;2-1-3/h5-6,9H,4,7-8,10-11H2,1-3H3,(H2,23,28);. The van der Waals surface area contributed by atoms with Crippen molar-refractivity contribution in [2.45, 2.75) is 46.7 Å². The van der Waals surface area contributed by atoms with Gasteiger partial charge < -0.3 is 10.6 Å². The molecule has 0 saturated carbocycles. The molecule has 0 fully saturated rings. The third-order valence-electron chi connectivity index (χ3n) is 5.36. The number of primary amides is 1. The largest absolute Gasteiger partial charge is 0.373 e. The lowest BCUT2D eigenvalue weighted by molar-refractivity contribution is -0.191. The maximum absolute atomic E-state index is 13.5. The van der Waals surface area contributed by atoms with E-state index in [1.54, 1.807) is 9.58 Å². The molecule has 1 aromatic heterocycles. The number of nitrogens with zero attached hydrogens (tertiary/aromatic N) is 3. The fourth-order valence-electron chi connectivity index (χ4n) is 3.28. The predicted octanol–water partition coefficient (Wildman–Crippen LogP) is 3.03. The number of rotatable bonds is 5. The molecule has 3 rings (SSSR count). The van der Waals surface area contributed by atoms with Crippen molar-refractivity contribution in [1.82, 2.24) is 14.7 Å². The Morgan fingerprint density at radius 2 is 1.94 bits per heavy atom. The number of aromatic nitrogens is 2. The molecule has 0 aliphatic carbocycles. The molecule has 0 bridgehead atoms. The van der Waals surface area contributed by atoms with Gasteiger partial charge in [-0.15, -0.1) is 0 Å². The number of carbonyl (C=O) groups is 2. The van der Waals surface area contributed by atoms with Crippen LogP contribution in [0.3, 0.4) is 0 Å². The van der Waals surface area contributed by atoms with Gasteiger partial charge in [-0.25, -0.2) is 4.39 Å². The Kier molecular flexibility index (Phi) is 7.70. The molecule has 2 heterocycles. The highest BCUT2D eigenvalue weighted by molar-refractivity contribution is 6.31. The molecule has 1 aliphatic heterocycles. The van der Waals surface area contributed by atoms with E-state index in [0.717, 1.165) is 6.42 Å². The minimum atomic E-state index is -0.639. The number of hydrogen-bond donors (Lipinski definition) is 1. The van der Waals surface area contributed by atoms with E-state index in [9.17, 15) is 14.0 Å². The molecular weight excluding hydrogens is 427 g/mol. The summed E-state index contributed by atoms with van der Waals surface area (Å²) < 4.78 is 15.2. The van der Waals surface area contributed by atoms with Gasteiger partial charge in [0.1, 0.15) is 11.5 Å². The van der Waals surface area contributed by atoms with Crippen LogP contribution in [0.4, 0.5) is 4.39 Å². The molecule has 0 spiro atoms. The fourth-order valence-corrected chi connectivity index (χ4v) is 3.46. The maximum Gasteiger partial charge on any atom is 0.373 e. The SMILES string of the molecule is CCC(C)(C)CC(=O)N1CCn2nc(-c3ccc(F)c(Cl)c3)c(C(N)=O)c2C1.O=C=O. The van der Waals surface area contributed by atoms with Crippen LogP contribution in [0.2, 0.25) is 5.02 Å². The lowest BCUT2D eigenvalue weighted by Crippen LogP contribution is -2.40. The van der Waals surface area contributed by atoms with Crippen LogP contribution >= 0.6 is 11.6 Å². The third-order valence-corrected chi connectivity index (χ3v) is 5.65. The van der Waals surface area contributed by atoms with Gasteiger partial charge in [-0.2, -0.15) is 14.7 Å². The van der Waals surface area contributed by atoms with Crippen molar-refractivity contribution in [3.63, 3.8) is 0 Å². The van der Waals surface area contributed by atoms with Gasteiger partial charge in [0.25, 0.3) is 5.91 Å².